The van der Waals surface area contributed by atoms with E-state index < -0.39 is 12.2 Å². The maximum atomic E-state index is 11.5. The Labute approximate surface area is 162 Å². The predicted octanol–water partition coefficient (Wildman–Crippen LogP) is 3.63. The average Bonchev–Trinajstić information content (AvgIpc) is 2.64. The summed E-state index contributed by atoms with van der Waals surface area (Å²) in [7, 11) is 6.57. The van der Waals surface area contributed by atoms with E-state index in [4.69, 9.17) is 9.47 Å². The van der Waals surface area contributed by atoms with E-state index in [9.17, 15) is 9.59 Å². The topological polar surface area (TPSA) is 83.8 Å². The number of rotatable bonds is 13. The lowest BCUT2D eigenvalue weighted by Crippen LogP contribution is -2.22. The molecule has 10 heteroatoms. The van der Waals surface area contributed by atoms with Crippen molar-refractivity contribution in [2.75, 3.05) is 38.8 Å². The van der Waals surface area contributed by atoms with Gasteiger partial charge in [0, 0.05) is 50.4 Å². The van der Waals surface area contributed by atoms with E-state index >= 15 is 0 Å². The highest BCUT2D eigenvalue weighted by Crippen LogP contribution is 2.22. The third-order valence-electron chi connectivity index (χ3n) is 2.65. The Bertz CT molecular complexity index is 457. The number of carbonyl (C=O) groups is 2. The van der Waals surface area contributed by atoms with Crippen molar-refractivity contribution < 1.29 is 19.1 Å². The summed E-state index contributed by atoms with van der Waals surface area (Å²) in [6.07, 6.45) is 6.49. The monoisotopic (exact) mass is 402 g/mol. The Hall–Kier alpha value is -1.94. The van der Waals surface area contributed by atoms with E-state index in [1.54, 1.807) is 35.7 Å². The van der Waals surface area contributed by atoms with E-state index in [0.717, 1.165) is 24.3 Å². The van der Waals surface area contributed by atoms with Gasteiger partial charge in [0.05, 0.1) is 13.2 Å². The summed E-state index contributed by atoms with van der Waals surface area (Å²) in [5, 5.41) is 0. The fraction of sp³-hybridized carbons (Fsp3) is 0.500. The second-order valence-corrected chi connectivity index (χ2v) is 7.47. The molecule has 8 nitrogen and oxygen atoms in total. The average molecular weight is 403 g/mol. The molecule has 0 saturated carbocycles. The third-order valence-corrected chi connectivity index (χ3v) is 5.22. The SMILES string of the molecule is C=N/C=C\N(C)C(=O)OCCCSSCCCOC(=O)N(C)/C=C\N=C. The standard InChI is InChI=1S/C16H26N4O4S2/c1-17-7-9-19(3)15(21)23-11-5-13-25-26-14-6-12-24-16(22)20(4)10-8-18-2/h7-10H,1-2,5-6,11-14H2,3-4H3/b9-7-,10-8-. The van der Waals surface area contributed by atoms with Crippen LogP contribution in [0.3, 0.4) is 0 Å². The van der Waals surface area contributed by atoms with Crippen molar-refractivity contribution in [3.05, 3.63) is 24.8 Å². The first-order valence-electron chi connectivity index (χ1n) is 7.81. The molecule has 0 aromatic heterocycles. The lowest BCUT2D eigenvalue weighted by Gasteiger charge is -2.12. The molecule has 0 aromatic rings. The van der Waals surface area contributed by atoms with Crippen LogP contribution in [-0.4, -0.2) is 74.2 Å². The highest BCUT2D eigenvalue weighted by atomic mass is 33.1. The van der Waals surface area contributed by atoms with Crippen LogP contribution >= 0.6 is 21.6 Å². The largest absolute Gasteiger partial charge is 0.449 e. The van der Waals surface area contributed by atoms with Gasteiger partial charge in [-0.25, -0.2) is 9.59 Å². The summed E-state index contributed by atoms with van der Waals surface area (Å²) < 4.78 is 10.2. The second-order valence-electron chi connectivity index (χ2n) is 4.76. The van der Waals surface area contributed by atoms with E-state index in [0.29, 0.717) is 13.2 Å². The summed E-state index contributed by atoms with van der Waals surface area (Å²) >= 11 is 0. The smallest absolute Gasteiger partial charge is 0.413 e. The molecule has 26 heavy (non-hydrogen) atoms. The Morgan fingerprint density at radius 2 is 1.27 bits per heavy atom. The minimum atomic E-state index is -0.423. The molecular weight excluding hydrogens is 376 g/mol. The van der Waals surface area contributed by atoms with E-state index in [1.807, 2.05) is 0 Å². The molecule has 0 bridgehead atoms. The molecule has 0 aliphatic carbocycles. The highest BCUT2D eigenvalue weighted by Gasteiger charge is 2.07. The Morgan fingerprint density at radius 3 is 1.62 bits per heavy atom. The Kier molecular flexibility index (Phi) is 15.3. The zero-order valence-corrected chi connectivity index (χ0v) is 16.8. The van der Waals surface area contributed by atoms with Crippen LogP contribution in [0.15, 0.2) is 34.8 Å². The summed E-state index contributed by atoms with van der Waals surface area (Å²) in [4.78, 5) is 32.7. The molecule has 0 aromatic carbocycles. The van der Waals surface area contributed by atoms with Crippen molar-refractivity contribution in [2.24, 2.45) is 9.98 Å². The molecular formula is C16H26N4O4S2. The highest BCUT2D eigenvalue weighted by molar-refractivity contribution is 8.76. The van der Waals surface area contributed by atoms with Gasteiger partial charge in [-0.2, -0.15) is 0 Å². The van der Waals surface area contributed by atoms with Crippen molar-refractivity contribution in [3.63, 3.8) is 0 Å². The number of aliphatic imine (C=N–C) groups is 2. The lowest BCUT2D eigenvalue weighted by atomic mass is 10.5. The zero-order valence-electron chi connectivity index (χ0n) is 15.2. The summed E-state index contributed by atoms with van der Waals surface area (Å²) in [5.41, 5.74) is 0. The van der Waals surface area contributed by atoms with Crippen LogP contribution in [0.1, 0.15) is 12.8 Å². The van der Waals surface area contributed by atoms with Gasteiger partial charge >= 0.3 is 12.2 Å². The molecule has 0 saturated heterocycles. The van der Waals surface area contributed by atoms with Crippen LogP contribution in [0.5, 0.6) is 0 Å². The van der Waals surface area contributed by atoms with Gasteiger partial charge in [0.2, 0.25) is 0 Å². The minimum Gasteiger partial charge on any atom is -0.449 e. The van der Waals surface area contributed by atoms with Crippen LogP contribution in [0.2, 0.25) is 0 Å². The molecule has 0 unspecified atom stereocenters. The van der Waals surface area contributed by atoms with E-state index in [1.165, 1.54) is 34.6 Å². The molecule has 146 valence electrons. The number of nitrogens with zero attached hydrogens (tertiary/aromatic N) is 4. The number of amides is 2. The fourth-order valence-electron chi connectivity index (χ4n) is 1.29. The second kappa shape index (κ2) is 16.5. The van der Waals surface area contributed by atoms with E-state index in [-0.39, 0.29) is 0 Å². The molecule has 0 rings (SSSR count). The van der Waals surface area contributed by atoms with Crippen molar-refractivity contribution in [3.8, 4) is 0 Å². The number of hydrogen-bond acceptors (Lipinski definition) is 8. The van der Waals surface area contributed by atoms with Gasteiger partial charge < -0.3 is 9.47 Å². The van der Waals surface area contributed by atoms with Crippen LogP contribution < -0.4 is 0 Å². The number of carbonyl (C=O) groups excluding carboxylic acids is 2. The predicted molar refractivity (Wildman–Crippen MR) is 110 cm³/mol. The molecule has 0 heterocycles. The van der Waals surface area contributed by atoms with Crippen LogP contribution in [0.4, 0.5) is 9.59 Å². The first-order valence-corrected chi connectivity index (χ1v) is 10.3. The van der Waals surface area contributed by atoms with Crippen LogP contribution in [-0.2, 0) is 9.47 Å². The molecule has 0 aliphatic rings. The Morgan fingerprint density at radius 1 is 0.885 bits per heavy atom. The van der Waals surface area contributed by atoms with Crippen LogP contribution in [0.25, 0.3) is 0 Å². The van der Waals surface area contributed by atoms with Gasteiger partial charge in [-0.3, -0.25) is 19.8 Å². The molecule has 2 amide bonds. The molecule has 0 aliphatic heterocycles. The molecule has 0 atom stereocenters. The van der Waals surface area contributed by atoms with Gasteiger partial charge in [0.1, 0.15) is 0 Å². The van der Waals surface area contributed by atoms with Crippen molar-refractivity contribution in [1.82, 2.24) is 9.80 Å². The fourth-order valence-corrected chi connectivity index (χ4v) is 3.41. The van der Waals surface area contributed by atoms with Gasteiger partial charge in [0.15, 0.2) is 0 Å². The van der Waals surface area contributed by atoms with Crippen molar-refractivity contribution >= 4 is 47.2 Å². The molecule has 0 fully saturated rings. The number of ether oxygens (including phenoxy) is 2. The normalized spacial score (nSPS) is 10.7. The van der Waals surface area contributed by atoms with Gasteiger partial charge in [-0.15, -0.1) is 0 Å². The maximum Gasteiger partial charge on any atom is 0.413 e. The molecule has 0 N–H and O–H groups in total. The first-order chi connectivity index (χ1) is 12.5. The van der Waals surface area contributed by atoms with Gasteiger partial charge in [-0.1, -0.05) is 21.6 Å². The van der Waals surface area contributed by atoms with E-state index in [2.05, 4.69) is 23.4 Å². The maximum absolute atomic E-state index is 11.5. The lowest BCUT2D eigenvalue weighted by molar-refractivity contribution is 0.123. The molecule has 0 radical (unpaired) electrons. The first kappa shape index (κ1) is 24.1. The summed E-state index contributed by atoms with van der Waals surface area (Å²) in [6, 6.07) is 0. The van der Waals surface area contributed by atoms with Crippen LogP contribution in [0, 0.1) is 0 Å². The minimum absolute atomic E-state index is 0.364. The molecule has 0 spiro atoms. The van der Waals surface area contributed by atoms with Crippen molar-refractivity contribution in [1.29, 1.82) is 0 Å². The third kappa shape index (κ3) is 13.4. The quantitative estimate of drug-likeness (QED) is 0.266. The zero-order chi connectivity index (χ0) is 19.6. The summed E-state index contributed by atoms with van der Waals surface area (Å²) in [6.45, 7) is 7.30. The van der Waals surface area contributed by atoms with Gasteiger partial charge in [-0.05, 0) is 26.3 Å². The van der Waals surface area contributed by atoms with Crippen molar-refractivity contribution in [2.45, 2.75) is 12.8 Å². The number of hydrogen-bond donors (Lipinski definition) is 0. The Balaban J connectivity index is 3.51. The van der Waals surface area contributed by atoms with Gasteiger partial charge in [0.25, 0.3) is 0 Å². The summed E-state index contributed by atoms with van der Waals surface area (Å²) in [5.74, 6) is 1.74.